The van der Waals surface area contributed by atoms with E-state index in [2.05, 4.69) is 62.4 Å². The molecule has 1 aromatic carbocycles. The molecular weight excluding hydrogens is 322 g/mol. The molecule has 0 saturated carbocycles. The molecule has 100 valence electrons. The quantitative estimate of drug-likeness (QED) is 0.653. The van der Waals surface area contributed by atoms with Crippen molar-refractivity contribution in [2.24, 2.45) is 0 Å². The van der Waals surface area contributed by atoms with Crippen LogP contribution in [0.15, 0.2) is 40.1 Å². The smallest absolute Gasteiger partial charge is 0.144 e. The number of aryl methyl sites for hydroxylation is 1. The predicted octanol–water partition coefficient (Wildman–Crippen LogP) is 4.27. The molecule has 0 radical (unpaired) electrons. The fourth-order valence-electron chi connectivity index (χ4n) is 1.70. The average Bonchev–Trinajstić information content (AvgIpc) is 2.40. The molecule has 0 bridgehead atoms. The van der Waals surface area contributed by atoms with Crippen molar-refractivity contribution in [3.8, 4) is 0 Å². The predicted molar refractivity (Wildman–Crippen MR) is 84.6 cm³/mol. The Morgan fingerprint density at radius 2 is 2.16 bits per heavy atom. The minimum absolute atomic E-state index is 0.845. The van der Waals surface area contributed by atoms with E-state index in [1.165, 1.54) is 11.1 Å². The molecule has 1 aromatic heterocycles. The number of hydrogen-bond donors (Lipinski definition) is 1. The van der Waals surface area contributed by atoms with Crippen LogP contribution in [0.5, 0.6) is 0 Å². The van der Waals surface area contributed by atoms with Crippen molar-refractivity contribution in [3.05, 3.63) is 46.2 Å². The second-order valence-corrected chi connectivity index (χ2v) is 5.91. The lowest BCUT2D eigenvalue weighted by molar-refractivity contribution is 1.01. The minimum Gasteiger partial charge on any atom is -0.369 e. The van der Waals surface area contributed by atoms with Crippen LogP contribution in [0.2, 0.25) is 0 Å². The van der Waals surface area contributed by atoms with E-state index >= 15 is 0 Å². The molecule has 0 atom stereocenters. The molecule has 0 saturated heterocycles. The Hall–Kier alpha value is -1.07. The molecule has 3 nitrogen and oxygen atoms in total. The van der Waals surface area contributed by atoms with Gasteiger partial charge in [-0.05, 0) is 35.3 Å². The van der Waals surface area contributed by atoms with E-state index in [9.17, 15) is 0 Å². The van der Waals surface area contributed by atoms with Crippen LogP contribution in [0.4, 0.5) is 5.82 Å². The number of nitrogens with one attached hydrogen (secondary N) is 1. The monoisotopic (exact) mass is 337 g/mol. The van der Waals surface area contributed by atoms with Gasteiger partial charge < -0.3 is 5.32 Å². The van der Waals surface area contributed by atoms with E-state index in [4.69, 9.17) is 0 Å². The summed E-state index contributed by atoms with van der Waals surface area (Å²) >= 11 is 5.27. The number of aromatic nitrogens is 2. The van der Waals surface area contributed by atoms with Gasteiger partial charge in [0.25, 0.3) is 0 Å². The molecule has 0 fully saturated rings. The van der Waals surface area contributed by atoms with Crippen LogP contribution in [-0.4, -0.2) is 16.5 Å². The van der Waals surface area contributed by atoms with Gasteiger partial charge in [0.15, 0.2) is 0 Å². The SMILES string of the molecule is CCNc1ncnc(SCc2cccc(C)c2)c1Br. The van der Waals surface area contributed by atoms with Gasteiger partial charge in [0.05, 0.1) is 4.47 Å². The maximum absolute atomic E-state index is 4.32. The lowest BCUT2D eigenvalue weighted by Crippen LogP contribution is -2.01. The second kappa shape index (κ2) is 6.91. The maximum atomic E-state index is 4.32. The Bertz CT molecular complexity index is 560. The number of benzene rings is 1. The summed E-state index contributed by atoms with van der Waals surface area (Å²) in [6, 6.07) is 8.54. The zero-order valence-corrected chi connectivity index (χ0v) is 13.4. The zero-order chi connectivity index (χ0) is 13.7. The third-order valence-electron chi connectivity index (χ3n) is 2.56. The van der Waals surface area contributed by atoms with Crippen LogP contribution in [0.3, 0.4) is 0 Å². The summed E-state index contributed by atoms with van der Waals surface area (Å²) in [5.41, 5.74) is 2.59. The third-order valence-corrected chi connectivity index (χ3v) is 4.63. The van der Waals surface area contributed by atoms with Crippen molar-refractivity contribution in [2.45, 2.75) is 24.6 Å². The third kappa shape index (κ3) is 3.94. The summed E-state index contributed by atoms with van der Waals surface area (Å²) in [4.78, 5) is 8.54. The largest absolute Gasteiger partial charge is 0.369 e. The maximum Gasteiger partial charge on any atom is 0.144 e. The summed E-state index contributed by atoms with van der Waals surface area (Å²) < 4.78 is 0.939. The molecule has 1 heterocycles. The highest BCUT2D eigenvalue weighted by atomic mass is 79.9. The van der Waals surface area contributed by atoms with Gasteiger partial charge in [-0.15, -0.1) is 11.8 Å². The topological polar surface area (TPSA) is 37.8 Å². The van der Waals surface area contributed by atoms with Crippen molar-refractivity contribution in [3.63, 3.8) is 0 Å². The highest BCUT2D eigenvalue weighted by molar-refractivity contribution is 9.10. The van der Waals surface area contributed by atoms with Gasteiger partial charge in [0.2, 0.25) is 0 Å². The van der Waals surface area contributed by atoms with Gasteiger partial charge >= 0.3 is 0 Å². The molecule has 2 aromatic rings. The Labute approximate surface area is 126 Å². The Balaban J connectivity index is 2.09. The molecule has 19 heavy (non-hydrogen) atoms. The lowest BCUT2D eigenvalue weighted by atomic mass is 10.2. The molecular formula is C14H16BrN3S. The molecule has 0 spiro atoms. The Morgan fingerprint density at radius 3 is 2.89 bits per heavy atom. The normalized spacial score (nSPS) is 10.5. The molecule has 2 rings (SSSR count). The molecule has 0 aliphatic carbocycles. The first-order chi connectivity index (χ1) is 9.20. The minimum atomic E-state index is 0.845. The Kier molecular flexibility index (Phi) is 5.22. The number of halogens is 1. The van der Waals surface area contributed by atoms with Gasteiger partial charge in [-0.1, -0.05) is 29.8 Å². The van der Waals surface area contributed by atoms with Crippen molar-refractivity contribution >= 4 is 33.5 Å². The van der Waals surface area contributed by atoms with E-state index in [0.29, 0.717) is 0 Å². The van der Waals surface area contributed by atoms with Gasteiger partial charge in [-0.3, -0.25) is 0 Å². The lowest BCUT2D eigenvalue weighted by Gasteiger charge is -2.08. The van der Waals surface area contributed by atoms with Gasteiger partial charge in [0, 0.05) is 12.3 Å². The molecule has 1 N–H and O–H groups in total. The van der Waals surface area contributed by atoms with Crippen LogP contribution >= 0.6 is 27.7 Å². The standard InChI is InChI=1S/C14H16BrN3S/c1-3-16-13-12(15)14(18-9-17-13)19-8-11-6-4-5-10(2)7-11/h4-7,9H,3,8H2,1-2H3,(H,16,17,18). The van der Waals surface area contributed by atoms with Crippen LogP contribution in [0.1, 0.15) is 18.1 Å². The first-order valence-corrected chi connectivity index (χ1v) is 7.91. The van der Waals surface area contributed by atoms with Gasteiger partial charge in [0.1, 0.15) is 17.2 Å². The molecule has 0 amide bonds. The Morgan fingerprint density at radius 1 is 1.32 bits per heavy atom. The first-order valence-electron chi connectivity index (χ1n) is 6.13. The molecule has 0 unspecified atom stereocenters. The number of rotatable bonds is 5. The first kappa shape index (κ1) is 14.3. The van der Waals surface area contributed by atoms with Crippen LogP contribution < -0.4 is 5.32 Å². The van der Waals surface area contributed by atoms with E-state index in [-0.39, 0.29) is 0 Å². The van der Waals surface area contributed by atoms with E-state index in [0.717, 1.165) is 27.6 Å². The highest BCUT2D eigenvalue weighted by Crippen LogP contribution is 2.31. The summed E-state index contributed by atoms with van der Waals surface area (Å²) in [7, 11) is 0. The van der Waals surface area contributed by atoms with Gasteiger partial charge in [-0.25, -0.2) is 9.97 Å². The zero-order valence-electron chi connectivity index (χ0n) is 11.0. The van der Waals surface area contributed by atoms with Crippen molar-refractivity contribution < 1.29 is 0 Å². The molecule has 0 aliphatic rings. The summed E-state index contributed by atoms with van der Waals surface area (Å²) in [6.45, 7) is 5.00. The number of anilines is 1. The van der Waals surface area contributed by atoms with E-state index < -0.39 is 0 Å². The van der Waals surface area contributed by atoms with Crippen LogP contribution in [0.25, 0.3) is 0 Å². The number of nitrogens with zero attached hydrogens (tertiary/aromatic N) is 2. The van der Waals surface area contributed by atoms with Crippen molar-refractivity contribution in [1.82, 2.24) is 9.97 Å². The highest BCUT2D eigenvalue weighted by Gasteiger charge is 2.08. The summed E-state index contributed by atoms with van der Waals surface area (Å²) in [5.74, 6) is 1.76. The number of hydrogen-bond acceptors (Lipinski definition) is 4. The van der Waals surface area contributed by atoms with Crippen LogP contribution in [0, 0.1) is 6.92 Å². The fraction of sp³-hybridized carbons (Fsp3) is 0.286. The van der Waals surface area contributed by atoms with Crippen molar-refractivity contribution in [1.29, 1.82) is 0 Å². The van der Waals surface area contributed by atoms with Crippen LogP contribution in [-0.2, 0) is 5.75 Å². The fourth-order valence-corrected chi connectivity index (χ4v) is 3.21. The van der Waals surface area contributed by atoms with E-state index in [1.54, 1.807) is 18.1 Å². The van der Waals surface area contributed by atoms with E-state index in [1.807, 2.05) is 6.92 Å². The summed E-state index contributed by atoms with van der Waals surface area (Å²) in [5, 5.41) is 4.18. The number of thioether (sulfide) groups is 1. The second-order valence-electron chi connectivity index (χ2n) is 4.15. The van der Waals surface area contributed by atoms with Gasteiger partial charge in [-0.2, -0.15) is 0 Å². The summed E-state index contributed by atoms with van der Waals surface area (Å²) in [6.07, 6.45) is 1.60. The van der Waals surface area contributed by atoms with Crippen molar-refractivity contribution in [2.75, 3.05) is 11.9 Å². The molecule has 0 aliphatic heterocycles. The average molecular weight is 338 g/mol. The molecule has 5 heteroatoms.